The van der Waals surface area contributed by atoms with Gasteiger partial charge in [-0.1, -0.05) is 60.7 Å². The van der Waals surface area contributed by atoms with Crippen molar-refractivity contribution in [1.29, 1.82) is 5.26 Å². The normalized spacial score (nSPS) is 15.1. The average molecular weight is 581 g/mol. The highest BCUT2D eigenvalue weighted by Gasteiger charge is 2.33. The highest BCUT2D eigenvalue weighted by molar-refractivity contribution is 14.1. The van der Waals surface area contributed by atoms with Gasteiger partial charge in [-0.15, -0.1) is 0 Å². The Morgan fingerprint density at radius 1 is 1.12 bits per heavy atom. The molecule has 2 N–H and O–H groups in total. The summed E-state index contributed by atoms with van der Waals surface area (Å²) in [5.41, 5.74) is 3.40. The van der Waals surface area contributed by atoms with Crippen molar-refractivity contribution in [2.24, 2.45) is 0 Å². The van der Waals surface area contributed by atoms with Gasteiger partial charge in [0.15, 0.2) is 29.0 Å². The number of thiocarbonyl (C=S) groups is 1. The molecule has 1 heterocycles. The van der Waals surface area contributed by atoms with Crippen molar-refractivity contribution in [1.82, 2.24) is 10.6 Å². The van der Waals surface area contributed by atoms with Gasteiger partial charge in [-0.05, 0) is 58.1 Å². The van der Waals surface area contributed by atoms with Gasteiger partial charge in [0.05, 0.1) is 28.0 Å². The van der Waals surface area contributed by atoms with Crippen molar-refractivity contribution in [3.63, 3.8) is 0 Å². The number of hydrogen-bond acceptors (Lipinski definition) is 5. The van der Waals surface area contributed by atoms with Crippen molar-refractivity contribution in [2.75, 3.05) is 13.7 Å². The number of ketones is 1. The first-order chi connectivity index (χ1) is 16.5. The Morgan fingerprint density at radius 2 is 1.79 bits per heavy atom. The van der Waals surface area contributed by atoms with Crippen LogP contribution in [0.5, 0.6) is 11.5 Å². The second-order valence-corrected chi connectivity index (χ2v) is 8.93. The highest BCUT2D eigenvalue weighted by Crippen LogP contribution is 2.40. The lowest BCUT2D eigenvalue weighted by Gasteiger charge is -2.32. The fourth-order valence-corrected chi connectivity index (χ4v) is 4.79. The molecule has 6 nitrogen and oxygen atoms in total. The van der Waals surface area contributed by atoms with E-state index in [2.05, 4.69) is 33.2 Å². The van der Waals surface area contributed by atoms with Crippen molar-refractivity contribution in [3.8, 4) is 17.6 Å². The van der Waals surface area contributed by atoms with Crippen molar-refractivity contribution >= 4 is 51.4 Å². The lowest BCUT2D eigenvalue weighted by molar-refractivity contribution is 0.102. The van der Waals surface area contributed by atoms with Crippen molar-refractivity contribution < 1.29 is 14.3 Å². The zero-order valence-corrected chi connectivity index (χ0v) is 21.1. The van der Waals surface area contributed by atoms with E-state index in [4.69, 9.17) is 27.0 Å². The van der Waals surface area contributed by atoms with E-state index in [9.17, 15) is 4.79 Å². The molecule has 3 aromatic carbocycles. The largest absolute Gasteiger partial charge is 0.493 e. The van der Waals surface area contributed by atoms with E-state index in [1.54, 1.807) is 18.2 Å². The third kappa shape index (κ3) is 4.90. The zero-order chi connectivity index (χ0) is 24.1. The van der Waals surface area contributed by atoms with Gasteiger partial charge in [-0.2, -0.15) is 5.26 Å². The van der Waals surface area contributed by atoms with Gasteiger partial charge in [0.25, 0.3) is 0 Å². The summed E-state index contributed by atoms with van der Waals surface area (Å²) in [6, 6.07) is 23.9. The maximum absolute atomic E-state index is 13.8. The number of hydrogen-bond donors (Lipinski definition) is 2. The molecule has 0 saturated heterocycles. The second kappa shape index (κ2) is 10.7. The summed E-state index contributed by atoms with van der Waals surface area (Å²) in [5.74, 6) is 0.829. The number of Topliss-reactive ketones (excluding diaryl/α,β-unsaturated/α-hetero) is 1. The summed E-state index contributed by atoms with van der Waals surface area (Å²) in [7, 11) is 1.54. The van der Waals surface area contributed by atoms with E-state index in [-0.39, 0.29) is 12.4 Å². The first-order valence-corrected chi connectivity index (χ1v) is 11.9. The van der Waals surface area contributed by atoms with Crippen molar-refractivity contribution in [2.45, 2.75) is 6.04 Å². The maximum atomic E-state index is 13.8. The standard InChI is InChI=1S/C26H20IN3O3S/c1-32-20-15-18(14-19(27)25(20)33-13-12-28)23-21(24(31)17-10-6-3-7-11-17)22(29-26(34)30-23)16-8-4-2-5-9-16/h2-11,14-15,23H,13H2,1H3,(H2,29,30,34). The third-order valence-corrected chi connectivity index (χ3v) is 6.30. The molecule has 3 aromatic rings. The minimum absolute atomic E-state index is 0.100. The monoisotopic (exact) mass is 581 g/mol. The second-order valence-electron chi connectivity index (χ2n) is 7.36. The molecule has 0 radical (unpaired) electrons. The van der Waals surface area contributed by atoms with Gasteiger partial charge in [0.1, 0.15) is 6.07 Å². The van der Waals surface area contributed by atoms with Gasteiger partial charge >= 0.3 is 0 Å². The number of ether oxygens (including phenoxy) is 2. The number of carbonyl (C=O) groups is 1. The van der Waals surface area contributed by atoms with Crippen LogP contribution < -0.4 is 20.1 Å². The van der Waals surface area contributed by atoms with Gasteiger partial charge in [-0.25, -0.2) is 0 Å². The Kier molecular flexibility index (Phi) is 7.45. The van der Waals surface area contributed by atoms with Crippen LogP contribution in [0.2, 0.25) is 0 Å². The molecule has 34 heavy (non-hydrogen) atoms. The Balaban J connectivity index is 1.91. The van der Waals surface area contributed by atoms with E-state index in [1.165, 1.54) is 7.11 Å². The summed E-state index contributed by atoms with van der Waals surface area (Å²) < 4.78 is 11.9. The molecule has 4 rings (SSSR count). The molecule has 1 unspecified atom stereocenters. The first kappa shape index (κ1) is 23.7. The Labute approximate surface area is 216 Å². The summed E-state index contributed by atoms with van der Waals surface area (Å²) >= 11 is 7.67. The van der Waals surface area contributed by atoms with Crippen LogP contribution in [0.15, 0.2) is 78.4 Å². The molecule has 1 aliphatic rings. The van der Waals surface area contributed by atoms with Crippen LogP contribution in [0.25, 0.3) is 5.70 Å². The Bertz CT molecular complexity index is 1300. The van der Waals surface area contributed by atoms with Gasteiger partial charge in [0, 0.05) is 5.56 Å². The zero-order valence-electron chi connectivity index (χ0n) is 18.2. The molecule has 0 aromatic heterocycles. The predicted octanol–water partition coefficient (Wildman–Crippen LogP) is 5.02. The number of nitriles is 1. The summed E-state index contributed by atoms with van der Waals surface area (Å²) in [6.45, 7) is -0.100. The van der Waals surface area contributed by atoms with E-state index in [1.807, 2.05) is 60.7 Å². The van der Waals surface area contributed by atoms with Gasteiger partial charge in [0.2, 0.25) is 0 Å². The first-order valence-electron chi connectivity index (χ1n) is 10.4. The average Bonchev–Trinajstić information content (AvgIpc) is 2.87. The molecule has 0 bridgehead atoms. The molecular formula is C26H20IN3O3S. The lowest BCUT2D eigenvalue weighted by Crippen LogP contribution is -2.45. The maximum Gasteiger partial charge on any atom is 0.193 e. The molecule has 0 saturated carbocycles. The Hall–Kier alpha value is -3.42. The lowest BCUT2D eigenvalue weighted by atomic mass is 9.87. The topological polar surface area (TPSA) is 83.4 Å². The van der Waals surface area contributed by atoms with Crippen molar-refractivity contribution in [3.05, 3.63) is 98.6 Å². The molecule has 1 aliphatic heterocycles. The summed E-state index contributed by atoms with van der Waals surface area (Å²) in [6.07, 6.45) is 0. The predicted molar refractivity (Wildman–Crippen MR) is 143 cm³/mol. The number of nitrogens with zero attached hydrogens (tertiary/aromatic N) is 1. The minimum Gasteiger partial charge on any atom is -0.493 e. The van der Waals surface area contributed by atoms with Crippen LogP contribution >= 0.6 is 34.8 Å². The molecule has 0 amide bonds. The van der Waals surface area contributed by atoms with Crippen LogP contribution in [0.4, 0.5) is 0 Å². The minimum atomic E-state index is -0.538. The smallest absolute Gasteiger partial charge is 0.193 e. The van der Waals surface area contributed by atoms with Crippen LogP contribution in [0.3, 0.4) is 0 Å². The third-order valence-electron chi connectivity index (χ3n) is 5.28. The van der Waals surface area contributed by atoms with E-state index < -0.39 is 6.04 Å². The number of halogens is 1. The summed E-state index contributed by atoms with van der Waals surface area (Å²) in [4.78, 5) is 13.8. The van der Waals surface area contributed by atoms with Gasteiger partial charge in [-0.3, -0.25) is 4.79 Å². The SMILES string of the molecule is COc1cc(C2NC(=S)NC(c3ccccc3)=C2C(=O)c2ccccc2)cc(I)c1OCC#N. The van der Waals surface area contributed by atoms with E-state index in [0.717, 1.165) is 14.7 Å². The molecule has 0 aliphatic carbocycles. The number of methoxy groups -OCH3 is 1. The highest BCUT2D eigenvalue weighted by atomic mass is 127. The number of rotatable bonds is 7. The Morgan fingerprint density at radius 3 is 2.44 bits per heavy atom. The molecule has 8 heteroatoms. The van der Waals surface area contributed by atoms with Crippen LogP contribution in [0, 0.1) is 14.9 Å². The molecule has 1 atom stereocenters. The number of benzene rings is 3. The fourth-order valence-electron chi connectivity index (χ4n) is 3.79. The molecule has 0 fully saturated rings. The quantitative estimate of drug-likeness (QED) is 0.231. The van der Waals surface area contributed by atoms with Crippen LogP contribution in [0.1, 0.15) is 27.5 Å². The van der Waals surface area contributed by atoms with E-state index in [0.29, 0.717) is 33.4 Å². The van der Waals surface area contributed by atoms with Gasteiger partial charge < -0.3 is 20.1 Å². The van der Waals surface area contributed by atoms with E-state index >= 15 is 0 Å². The van der Waals surface area contributed by atoms with Crippen LogP contribution in [-0.4, -0.2) is 24.6 Å². The number of carbonyl (C=O) groups excluding carboxylic acids is 1. The van der Waals surface area contributed by atoms with Crippen LogP contribution in [-0.2, 0) is 0 Å². The fraction of sp³-hybridized carbons (Fsp3) is 0.115. The molecule has 0 spiro atoms. The molecule has 170 valence electrons. The summed E-state index contributed by atoms with van der Waals surface area (Å²) in [5, 5.41) is 15.8. The number of nitrogens with one attached hydrogen (secondary N) is 2. The molecular weight excluding hydrogens is 561 g/mol.